The van der Waals surface area contributed by atoms with Gasteiger partial charge in [-0.25, -0.2) is 5.01 Å². The van der Waals surface area contributed by atoms with Gasteiger partial charge in [-0.2, -0.15) is 5.10 Å². The van der Waals surface area contributed by atoms with Crippen molar-refractivity contribution in [3.8, 4) is 0 Å². The fourth-order valence-electron chi connectivity index (χ4n) is 3.57. The maximum atomic E-state index is 12.8. The second-order valence-electron chi connectivity index (χ2n) is 7.28. The first-order chi connectivity index (χ1) is 14.4. The lowest BCUT2D eigenvalue weighted by Crippen LogP contribution is -2.20. The third kappa shape index (κ3) is 3.85. The van der Waals surface area contributed by atoms with Gasteiger partial charge in [0.05, 0.1) is 18.0 Å². The number of aliphatic hydroxyl groups is 2. The Kier molecular flexibility index (Phi) is 5.39. The first-order valence-electron chi connectivity index (χ1n) is 9.70. The van der Waals surface area contributed by atoms with Crippen LogP contribution < -0.4 is 15.8 Å². The molecule has 154 valence electrons. The molecule has 1 aliphatic rings. The van der Waals surface area contributed by atoms with Crippen molar-refractivity contribution in [2.45, 2.75) is 26.2 Å². The van der Waals surface area contributed by atoms with Gasteiger partial charge in [-0.05, 0) is 37.6 Å². The number of fused-ring (bicyclic) bond motifs is 1. The van der Waals surface area contributed by atoms with Crippen LogP contribution in [0.5, 0.6) is 0 Å². The van der Waals surface area contributed by atoms with E-state index in [2.05, 4.69) is 10.4 Å². The number of hydrogen-bond acceptors (Lipinski definition) is 7. The van der Waals surface area contributed by atoms with Gasteiger partial charge in [-0.1, -0.05) is 30.3 Å². The number of aryl methyl sites for hydroxylation is 1. The summed E-state index contributed by atoms with van der Waals surface area (Å²) in [6, 6.07) is 11.9. The topological polar surface area (TPSA) is 98.3 Å². The summed E-state index contributed by atoms with van der Waals surface area (Å²) in [7, 11) is 0. The lowest BCUT2D eigenvalue weighted by atomic mass is 10.0. The molecule has 7 nitrogen and oxygen atoms in total. The van der Waals surface area contributed by atoms with Crippen molar-refractivity contribution in [3.63, 3.8) is 0 Å². The van der Waals surface area contributed by atoms with Crippen LogP contribution in [0.1, 0.15) is 35.9 Å². The molecule has 4 rings (SSSR count). The molecule has 3 aromatic rings. The minimum Gasteiger partial charge on any atom is -0.438 e. The van der Waals surface area contributed by atoms with Crippen molar-refractivity contribution in [2.24, 2.45) is 5.10 Å². The van der Waals surface area contributed by atoms with Crippen molar-refractivity contribution >= 4 is 28.8 Å². The van der Waals surface area contributed by atoms with E-state index in [0.29, 0.717) is 34.6 Å². The summed E-state index contributed by atoms with van der Waals surface area (Å²) in [6.45, 7) is 4.37. The number of nitrogens with zero attached hydrogens (tertiary/aromatic N) is 2. The largest absolute Gasteiger partial charge is 0.438 e. The van der Waals surface area contributed by atoms with E-state index in [9.17, 15) is 15.0 Å². The minimum atomic E-state index is -1.59. The number of hydrazone groups is 1. The number of para-hydroxylation sites is 1. The van der Waals surface area contributed by atoms with Gasteiger partial charge in [-0.15, -0.1) is 0 Å². The molecule has 1 unspecified atom stereocenters. The summed E-state index contributed by atoms with van der Waals surface area (Å²) in [5, 5.41) is 29.0. The Morgan fingerprint density at radius 3 is 2.70 bits per heavy atom. The van der Waals surface area contributed by atoms with Crippen LogP contribution in [-0.2, 0) is 0 Å². The molecule has 7 heteroatoms. The second kappa shape index (κ2) is 8.14. The summed E-state index contributed by atoms with van der Waals surface area (Å²) >= 11 is 0. The molecule has 0 spiro atoms. The van der Waals surface area contributed by atoms with Gasteiger partial charge in [0.15, 0.2) is 11.7 Å². The molecule has 1 atom stereocenters. The molecule has 0 aliphatic carbocycles. The molecule has 2 aromatic carbocycles. The Hall–Kier alpha value is -3.42. The molecule has 1 aromatic heterocycles. The molecule has 0 saturated carbocycles. The third-order valence-electron chi connectivity index (χ3n) is 5.03. The van der Waals surface area contributed by atoms with E-state index in [1.807, 2.05) is 44.2 Å². The van der Waals surface area contributed by atoms with E-state index in [1.165, 1.54) is 6.07 Å². The number of nitrogens with one attached hydrogen (secondary N) is 1. The molecule has 0 saturated heterocycles. The second-order valence-corrected chi connectivity index (χ2v) is 7.28. The summed E-state index contributed by atoms with van der Waals surface area (Å²) in [6.07, 6.45) is 3.81. The summed E-state index contributed by atoms with van der Waals surface area (Å²) in [4.78, 5) is 12.8. The fourth-order valence-corrected chi connectivity index (χ4v) is 3.57. The maximum absolute atomic E-state index is 12.8. The van der Waals surface area contributed by atoms with Crippen molar-refractivity contribution in [3.05, 3.63) is 81.5 Å². The van der Waals surface area contributed by atoms with Crippen LogP contribution in [0.3, 0.4) is 0 Å². The smallest absolute Gasteiger partial charge is 0.220 e. The predicted octanol–water partition coefficient (Wildman–Crippen LogP) is 3.62. The summed E-state index contributed by atoms with van der Waals surface area (Å²) in [5.41, 5.74) is 3.04. The van der Waals surface area contributed by atoms with Crippen LogP contribution >= 0.6 is 0 Å². The Labute approximate surface area is 173 Å². The van der Waals surface area contributed by atoms with Crippen molar-refractivity contribution in [1.82, 2.24) is 0 Å². The van der Waals surface area contributed by atoms with E-state index >= 15 is 0 Å². The lowest BCUT2D eigenvalue weighted by Gasteiger charge is -2.22. The maximum Gasteiger partial charge on any atom is 0.220 e. The zero-order valence-electron chi connectivity index (χ0n) is 16.7. The van der Waals surface area contributed by atoms with Gasteiger partial charge >= 0.3 is 0 Å². The summed E-state index contributed by atoms with van der Waals surface area (Å²) < 4.78 is 6.14. The van der Waals surface area contributed by atoms with E-state index in [-0.39, 0.29) is 11.5 Å². The highest BCUT2D eigenvalue weighted by atomic mass is 16.5. The van der Waals surface area contributed by atoms with Crippen LogP contribution in [-0.4, -0.2) is 23.0 Å². The number of allylic oxidation sites excluding steroid dienone is 1. The zero-order chi connectivity index (χ0) is 21.3. The van der Waals surface area contributed by atoms with Crippen molar-refractivity contribution in [1.29, 1.82) is 0 Å². The summed E-state index contributed by atoms with van der Waals surface area (Å²) in [5.74, 6) is 0.372. The van der Waals surface area contributed by atoms with Crippen LogP contribution in [0.4, 0.5) is 11.6 Å². The first-order valence-corrected chi connectivity index (χ1v) is 9.70. The molecule has 2 heterocycles. The van der Waals surface area contributed by atoms with Crippen LogP contribution in [0.2, 0.25) is 0 Å². The van der Waals surface area contributed by atoms with Crippen LogP contribution in [0.25, 0.3) is 11.0 Å². The highest BCUT2D eigenvalue weighted by molar-refractivity contribution is 5.83. The Balaban J connectivity index is 1.79. The first kappa shape index (κ1) is 19.9. The van der Waals surface area contributed by atoms with Gasteiger partial charge in [-0.3, -0.25) is 4.79 Å². The fraction of sp³-hybridized carbons (Fsp3) is 0.217. The van der Waals surface area contributed by atoms with E-state index in [4.69, 9.17) is 4.42 Å². The van der Waals surface area contributed by atoms with Crippen LogP contribution in [0, 0.1) is 6.92 Å². The average Bonchev–Trinajstić information content (AvgIpc) is 2.74. The predicted molar refractivity (Wildman–Crippen MR) is 118 cm³/mol. The molecular formula is C23H23N3O4. The van der Waals surface area contributed by atoms with Gasteiger partial charge in [0.1, 0.15) is 5.58 Å². The minimum absolute atomic E-state index is 0.140. The van der Waals surface area contributed by atoms with Gasteiger partial charge in [0.25, 0.3) is 0 Å². The zero-order valence-corrected chi connectivity index (χ0v) is 16.7. The monoisotopic (exact) mass is 405 g/mol. The number of benzene rings is 2. The average molecular weight is 405 g/mol. The van der Waals surface area contributed by atoms with Crippen molar-refractivity contribution in [2.75, 3.05) is 16.9 Å². The Morgan fingerprint density at radius 2 is 1.97 bits per heavy atom. The molecule has 1 aliphatic heterocycles. The molecule has 0 bridgehead atoms. The molecule has 0 radical (unpaired) electrons. The molecule has 3 N–H and O–H groups in total. The lowest BCUT2D eigenvalue weighted by molar-refractivity contribution is -0.0419. The number of aliphatic hydroxyl groups excluding tert-OH is 1. The van der Waals surface area contributed by atoms with E-state index in [0.717, 1.165) is 11.1 Å². The molecular weight excluding hydrogens is 382 g/mol. The standard InChI is InChI=1S/C23H23N3O4/c1-14-11-17(15(2)25-19-8-4-3-7-16(19)23(28)29)22-18(12-14)20(27)13-21(30-22)26-10-6-5-9-24-26/h3-9,11-13,15,23,25,28-29H,10H2,1-2H3. The van der Waals surface area contributed by atoms with E-state index in [1.54, 1.807) is 29.4 Å². The highest BCUT2D eigenvalue weighted by Crippen LogP contribution is 2.31. The van der Waals surface area contributed by atoms with Gasteiger partial charge in [0.2, 0.25) is 5.88 Å². The number of hydrogen-bond donors (Lipinski definition) is 3. The number of rotatable bonds is 5. The van der Waals surface area contributed by atoms with Crippen molar-refractivity contribution < 1.29 is 14.6 Å². The van der Waals surface area contributed by atoms with E-state index < -0.39 is 6.29 Å². The Morgan fingerprint density at radius 1 is 1.17 bits per heavy atom. The van der Waals surface area contributed by atoms with Gasteiger partial charge in [0, 0.05) is 29.1 Å². The highest BCUT2D eigenvalue weighted by Gasteiger charge is 2.19. The van der Waals surface area contributed by atoms with Crippen LogP contribution in [0.15, 0.2) is 68.9 Å². The number of anilines is 2. The normalized spacial score (nSPS) is 14.5. The molecule has 0 amide bonds. The quantitative estimate of drug-likeness (QED) is 0.561. The molecule has 0 fully saturated rings. The third-order valence-corrected chi connectivity index (χ3v) is 5.03. The Bertz CT molecular complexity index is 1200. The van der Waals surface area contributed by atoms with Gasteiger partial charge < -0.3 is 19.9 Å². The molecule has 30 heavy (non-hydrogen) atoms. The SMILES string of the molecule is Cc1cc(C(C)Nc2ccccc2C(O)O)c2oc(N3CC=CC=N3)cc(=O)c2c1.